The van der Waals surface area contributed by atoms with Crippen LogP contribution in [0.2, 0.25) is 0 Å². The van der Waals surface area contributed by atoms with Gasteiger partial charge in [-0.3, -0.25) is 4.79 Å². The molecule has 1 aromatic heterocycles. The third-order valence-electron chi connectivity index (χ3n) is 6.12. The van der Waals surface area contributed by atoms with Crippen molar-refractivity contribution in [2.24, 2.45) is 0 Å². The van der Waals surface area contributed by atoms with Gasteiger partial charge in [0.1, 0.15) is 5.58 Å². The summed E-state index contributed by atoms with van der Waals surface area (Å²) in [6, 6.07) is 10.8. The third-order valence-corrected chi connectivity index (χ3v) is 8.01. The molecule has 0 unspecified atom stereocenters. The average Bonchev–Trinajstić information content (AvgIpc) is 3.22. The van der Waals surface area contributed by atoms with Crippen LogP contribution in [0.1, 0.15) is 25.0 Å². The van der Waals surface area contributed by atoms with E-state index in [0.29, 0.717) is 32.0 Å². The van der Waals surface area contributed by atoms with Crippen LogP contribution >= 0.6 is 0 Å². The molecule has 182 valence electrons. The van der Waals surface area contributed by atoms with Crippen LogP contribution in [0.3, 0.4) is 0 Å². The summed E-state index contributed by atoms with van der Waals surface area (Å²) >= 11 is 0. The Morgan fingerprint density at radius 1 is 1.09 bits per heavy atom. The van der Waals surface area contributed by atoms with E-state index in [1.807, 2.05) is 39.0 Å². The highest BCUT2D eigenvalue weighted by atomic mass is 32.2. The Labute approximate surface area is 200 Å². The average molecular weight is 486 g/mol. The molecule has 2 aromatic carbocycles. The zero-order chi connectivity index (χ0) is 24.3. The molecule has 4 rings (SSSR count). The Morgan fingerprint density at radius 2 is 1.82 bits per heavy atom. The first kappa shape index (κ1) is 24.3. The number of carbonyl (C=O) groups excluding carboxylic acids is 1. The van der Waals surface area contributed by atoms with Gasteiger partial charge in [-0.25, -0.2) is 8.42 Å². The Kier molecular flexibility index (Phi) is 7.25. The highest BCUT2D eigenvalue weighted by molar-refractivity contribution is 7.89. The molecule has 9 heteroatoms. The van der Waals surface area contributed by atoms with Gasteiger partial charge in [0.25, 0.3) is 0 Å². The van der Waals surface area contributed by atoms with Gasteiger partial charge >= 0.3 is 0 Å². The first-order valence-electron chi connectivity index (χ1n) is 11.6. The van der Waals surface area contributed by atoms with E-state index in [9.17, 15) is 13.2 Å². The van der Waals surface area contributed by atoms with Crippen LogP contribution in [0.5, 0.6) is 0 Å². The molecule has 0 radical (unpaired) electrons. The van der Waals surface area contributed by atoms with Crippen molar-refractivity contribution in [2.75, 3.05) is 49.6 Å². The first-order chi connectivity index (χ1) is 16.3. The van der Waals surface area contributed by atoms with Crippen LogP contribution in [-0.4, -0.2) is 58.0 Å². The van der Waals surface area contributed by atoms with Crippen LogP contribution in [0.15, 0.2) is 52.0 Å². The SMILES string of the molecule is CCN(CC)c1ccc(S(=O)(=O)N2CCOCC2)cc1NC(=O)Cc1coc2cc(C)ccc12. The van der Waals surface area contributed by atoms with Gasteiger partial charge in [0, 0.05) is 37.1 Å². The quantitative estimate of drug-likeness (QED) is 0.522. The fourth-order valence-corrected chi connectivity index (χ4v) is 5.68. The molecule has 0 spiro atoms. The van der Waals surface area contributed by atoms with E-state index in [0.717, 1.165) is 40.9 Å². The first-order valence-corrected chi connectivity index (χ1v) is 13.0. The number of amides is 1. The van der Waals surface area contributed by atoms with Gasteiger partial charge < -0.3 is 19.4 Å². The largest absolute Gasteiger partial charge is 0.464 e. The van der Waals surface area contributed by atoms with E-state index in [1.165, 1.54) is 4.31 Å². The molecule has 34 heavy (non-hydrogen) atoms. The smallest absolute Gasteiger partial charge is 0.243 e. The number of hydrogen-bond donors (Lipinski definition) is 1. The summed E-state index contributed by atoms with van der Waals surface area (Å²) in [5.41, 5.74) is 3.87. The number of nitrogens with zero attached hydrogens (tertiary/aromatic N) is 2. The predicted molar refractivity (Wildman–Crippen MR) is 133 cm³/mol. The number of rotatable bonds is 8. The van der Waals surface area contributed by atoms with Crippen LogP contribution in [0.4, 0.5) is 11.4 Å². The summed E-state index contributed by atoms with van der Waals surface area (Å²) in [4.78, 5) is 15.3. The second-order valence-electron chi connectivity index (χ2n) is 8.35. The van der Waals surface area contributed by atoms with E-state index in [2.05, 4.69) is 10.2 Å². The molecule has 0 atom stereocenters. The number of ether oxygens (including phenoxy) is 1. The molecule has 1 amide bonds. The minimum atomic E-state index is -3.69. The lowest BCUT2D eigenvalue weighted by molar-refractivity contribution is -0.115. The Hall–Kier alpha value is -2.88. The van der Waals surface area contributed by atoms with E-state index in [1.54, 1.807) is 24.5 Å². The van der Waals surface area contributed by atoms with E-state index < -0.39 is 10.0 Å². The van der Waals surface area contributed by atoms with Gasteiger partial charge in [0.15, 0.2) is 0 Å². The number of nitrogens with one attached hydrogen (secondary N) is 1. The van der Waals surface area contributed by atoms with Crippen molar-refractivity contribution >= 4 is 38.3 Å². The van der Waals surface area contributed by atoms with Gasteiger partial charge in [-0.05, 0) is 50.6 Å². The molecule has 0 saturated carbocycles. The Bertz CT molecular complexity index is 1270. The fraction of sp³-hybridized carbons (Fsp3) is 0.400. The molecular weight excluding hydrogens is 454 g/mol. The van der Waals surface area contributed by atoms with Crippen LogP contribution < -0.4 is 10.2 Å². The summed E-state index contributed by atoms with van der Waals surface area (Å²) < 4.78 is 38.8. The molecule has 1 saturated heterocycles. The molecule has 3 aromatic rings. The molecule has 0 bridgehead atoms. The monoisotopic (exact) mass is 485 g/mol. The van der Waals surface area contributed by atoms with Crippen LogP contribution in [0, 0.1) is 6.92 Å². The summed E-state index contributed by atoms with van der Waals surface area (Å²) in [7, 11) is -3.69. The van der Waals surface area contributed by atoms with Crippen molar-refractivity contribution in [1.82, 2.24) is 4.31 Å². The highest BCUT2D eigenvalue weighted by Gasteiger charge is 2.27. The molecule has 1 N–H and O–H groups in total. The number of carbonyl (C=O) groups is 1. The lowest BCUT2D eigenvalue weighted by atomic mass is 10.1. The third kappa shape index (κ3) is 4.96. The normalized spacial score (nSPS) is 14.9. The van der Waals surface area contributed by atoms with Gasteiger partial charge in [-0.15, -0.1) is 0 Å². The van der Waals surface area contributed by atoms with Gasteiger partial charge in [0.05, 0.1) is 42.2 Å². The predicted octanol–water partition coefficient (Wildman–Crippen LogP) is 3.79. The van der Waals surface area contributed by atoms with Gasteiger partial charge in [-0.1, -0.05) is 12.1 Å². The van der Waals surface area contributed by atoms with E-state index >= 15 is 0 Å². The number of aryl methyl sites for hydroxylation is 1. The van der Waals surface area contributed by atoms with Crippen molar-refractivity contribution in [2.45, 2.75) is 32.1 Å². The summed E-state index contributed by atoms with van der Waals surface area (Å²) in [6.45, 7) is 8.85. The number of benzene rings is 2. The summed E-state index contributed by atoms with van der Waals surface area (Å²) in [5.74, 6) is -0.238. The van der Waals surface area contributed by atoms with Gasteiger partial charge in [0.2, 0.25) is 15.9 Å². The van der Waals surface area contributed by atoms with E-state index in [4.69, 9.17) is 9.15 Å². The fourth-order valence-electron chi connectivity index (χ4n) is 4.25. The molecule has 1 fully saturated rings. The number of hydrogen-bond acceptors (Lipinski definition) is 6. The number of anilines is 2. The van der Waals surface area contributed by atoms with Crippen molar-refractivity contribution in [3.63, 3.8) is 0 Å². The van der Waals surface area contributed by atoms with Crippen molar-refractivity contribution < 1.29 is 22.4 Å². The second kappa shape index (κ2) is 10.2. The van der Waals surface area contributed by atoms with Crippen LogP contribution in [0.25, 0.3) is 11.0 Å². The van der Waals surface area contributed by atoms with E-state index in [-0.39, 0.29) is 17.2 Å². The number of fused-ring (bicyclic) bond motifs is 1. The number of furan rings is 1. The molecule has 1 aliphatic heterocycles. The Morgan fingerprint density at radius 3 is 2.53 bits per heavy atom. The maximum absolute atomic E-state index is 13.2. The molecular formula is C25H31N3O5S. The second-order valence-corrected chi connectivity index (χ2v) is 10.3. The maximum Gasteiger partial charge on any atom is 0.243 e. The maximum atomic E-state index is 13.2. The minimum Gasteiger partial charge on any atom is -0.464 e. The zero-order valence-corrected chi connectivity index (χ0v) is 20.7. The summed E-state index contributed by atoms with van der Waals surface area (Å²) in [6.07, 6.45) is 1.72. The van der Waals surface area contributed by atoms with Crippen molar-refractivity contribution in [3.05, 3.63) is 53.8 Å². The standard InChI is InChI=1S/C25H31N3O5S/c1-4-27(5-2)23-9-7-20(34(30,31)28-10-12-32-13-11-28)16-22(23)26-25(29)15-19-17-33-24-14-18(3)6-8-21(19)24/h6-9,14,16-17H,4-5,10-13,15H2,1-3H3,(H,26,29). The van der Waals surface area contributed by atoms with Crippen LogP contribution in [-0.2, 0) is 26.0 Å². The number of sulfonamides is 1. The van der Waals surface area contributed by atoms with Crippen molar-refractivity contribution in [3.8, 4) is 0 Å². The summed E-state index contributed by atoms with van der Waals surface area (Å²) in [5, 5.41) is 3.86. The lowest BCUT2D eigenvalue weighted by Crippen LogP contribution is -2.40. The topological polar surface area (TPSA) is 92.1 Å². The van der Waals surface area contributed by atoms with Gasteiger partial charge in [-0.2, -0.15) is 4.31 Å². The Balaban J connectivity index is 1.63. The lowest BCUT2D eigenvalue weighted by Gasteiger charge is -2.28. The molecule has 2 heterocycles. The van der Waals surface area contributed by atoms with Crippen molar-refractivity contribution in [1.29, 1.82) is 0 Å². The number of morpholine rings is 1. The molecule has 0 aliphatic carbocycles. The zero-order valence-electron chi connectivity index (χ0n) is 19.8. The molecule has 8 nitrogen and oxygen atoms in total. The molecule has 1 aliphatic rings. The highest BCUT2D eigenvalue weighted by Crippen LogP contribution is 2.31. The minimum absolute atomic E-state index is 0.119.